The largest absolute Gasteiger partial charge is 0.158 e. The van der Waals surface area contributed by atoms with Crippen LogP contribution in [0.25, 0.3) is 0 Å². The Kier molecular flexibility index (Phi) is 5.64. The topological polar surface area (TPSA) is 0 Å². The molecular formula is C26H44S. The molecule has 0 aromatic rings. The minimum absolute atomic E-state index is 1.03. The smallest absolute Gasteiger partial charge is 0.00818 e. The molecule has 27 heavy (non-hydrogen) atoms. The van der Waals surface area contributed by atoms with Crippen molar-refractivity contribution in [2.45, 2.75) is 96.7 Å². The van der Waals surface area contributed by atoms with Crippen molar-refractivity contribution in [1.82, 2.24) is 0 Å². The molecule has 1 aliphatic heterocycles. The van der Waals surface area contributed by atoms with Gasteiger partial charge in [-0.05, 0) is 110 Å². The molecule has 154 valence electrons. The number of unbranched alkanes of at least 4 members (excludes halogenated alkanes) is 1. The van der Waals surface area contributed by atoms with Gasteiger partial charge in [0.25, 0.3) is 0 Å². The number of fused-ring (bicyclic) bond motifs is 4. The third-order valence-electron chi connectivity index (χ3n) is 9.97. The minimum Gasteiger partial charge on any atom is -0.158 e. The average Bonchev–Trinajstić information content (AvgIpc) is 3.54. The molecule has 0 nitrogen and oxygen atoms in total. The Balaban J connectivity index is 1.24. The summed E-state index contributed by atoms with van der Waals surface area (Å²) in [4.78, 5) is 0. The summed E-state index contributed by atoms with van der Waals surface area (Å²) in [5.41, 5.74) is 0. The van der Waals surface area contributed by atoms with Crippen LogP contribution in [0.5, 0.6) is 0 Å². The van der Waals surface area contributed by atoms with Crippen molar-refractivity contribution in [1.29, 1.82) is 0 Å². The van der Waals surface area contributed by atoms with E-state index in [0.717, 1.165) is 64.4 Å². The van der Waals surface area contributed by atoms with Gasteiger partial charge in [-0.25, -0.2) is 0 Å². The molecule has 4 saturated carbocycles. The molecule has 4 aliphatic carbocycles. The highest BCUT2D eigenvalue weighted by Gasteiger charge is 2.56. The molecule has 0 aromatic heterocycles. The van der Waals surface area contributed by atoms with E-state index >= 15 is 0 Å². The zero-order valence-corrected chi connectivity index (χ0v) is 19.1. The van der Waals surface area contributed by atoms with Crippen molar-refractivity contribution in [2.24, 2.45) is 59.2 Å². The fraction of sp³-hybridized carbons (Fsp3) is 1.00. The van der Waals surface area contributed by atoms with Crippen LogP contribution in [0.2, 0.25) is 0 Å². The van der Waals surface area contributed by atoms with Gasteiger partial charge in [0, 0.05) is 5.25 Å². The van der Waals surface area contributed by atoms with Crippen molar-refractivity contribution in [3.8, 4) is 0 Å². The standard InChI is InChI=1S/C26H44S/c1-4-6-7-17(5-2)22-13-23(22)21-11-10-18-8-9-19-12-20(19)15-27-25-14-24(25)26(18)16(21)3/h16-26H,4-15H2,1-3H3. The van der Waals surface area contributed by atoms with Gasteiger partial charge < -0.3 is 0 Å². The Morgan fingerprint density at radius 3 is 2.48 bits per heavy atom. The van der Waals surface area contributed by atoms with Crippen molar-refractivity contribution in [3.63, 3.8) is 0 Å². The highest BCUT2D eigenvalue weighted by Crippen LogP contribution is 2.63. The Morgan fingerprint density at radius 2 is 1.67 bits per heavy atom. The van der Waals surface area contributed by atoms with Crippen LogP contribution < -0.4 is 0 Å². The van der Waals surface area contributed by atoms with Gasteiger partial charge >= 0.3 is 0 Å². The molecular weight excluding hydrogens is 344 g/mol. The van der Waals surface area contributed by atoms with E-state index in [1.165, 1.54) is 31.4 Å². The monoisotopic (exact) mass is 388 g/mol. The first-order valence-electron chi connectivity index (χ1n) is 12.8. The molecule has 5 aliphatic rings. The lowest BCUT2D eigenvalue weighted by Gasteiger charge is -2.43. The van der Waals surface area contributed by atoms with Crippen LogP contribution in [0.1, 0.15) is 91.4 Å². The van der Waals surface area contributed by atoms with Crippen molar-refractivity contribution >= 4 is 11.8 Å². The lowest BCUT2D eigenvalue weighted by atomic mass is 9.62. The molecule has 0 bridgehead atoms. The maximum absolute atomic E-state index is 2.72. The third kappa shape index (κ3) is 3.89. The molecule has 11 unspecified atom stereocenters. The van der Waals surface area contributed by atoms with Crippen molar-refractivity contribution in [2.75, 3.05) is 5.75 Å². The molecule has 1 saturated heterocycles. The van der Waals surface area contributed by atoms with Crippen LogP contribution in [0.15, 0.2) is 0 Å². The van der Waals surface area contributed by atoms with Gasteiger partial charge in [-0.2, -0.15) is 11.8 Å². The Bertz CT molecular complexity index is 514. The van der Waals surface area contributed by atoms with Gasteiger partial charge in [-0.1, -0.05) is 46.5 Å². The van der Waals surface area contributed by atoms with E-state index in [1.807, 2.05) is 0 Å². The van der Waals surface area contributed by atoms with E-state index in [-0.39, 0.29) is 0 Å². The highest BCUT2D eigenvalue weighted by molar-refractivity contribution is 8.00. The summed E-state index contributed by atoms with van der Waals surface area (Å²) >= 11 is 2.40. The molecule has 5 fully saturated rings. The fourth-order valence-electron chi connectivity index (χ4n) is 8.04. The van der Waals surface area contributed by atoms with E-state index in [4.69, 9.17) is 0 Å². The normalized spacial score (nSPS) is 52.1. The van der Waals surface area contributed by atoms with Crippen LogP contribution >= 0.6 is 11.8 Å². The van der Waals surface area contributed by atoms with Gasteiger partial charge in [0.1, 0.15) is 0 Å². The van der Waals surface area contributed by atoms with Crippen LogP contribution in [-0.4, -0.2) is 11.0 Å². The molecule has 5 rings (SSSR count). The Hall–Kier alpha value is 0.350. The van der Waals surface area contributed by atoms with Crippen LogP contribution in [-0.2, 0) is 0 Å². The second-order valence-electron chi connectivity index (χ2n) is 11.4. The summed E-state index contributed by atoms with van der Waals surface area (Å²) < 4.78 is 0. The average molecular weight is 389 g/mol. The molecule has 1 heteroatoms. The van der Waals surface area contributed by atoms with Gasteiger partial charge in [-0.3, -0.25) is 0 Å². The molecule has 1 heterocycles. The molecule has 0 N–H and O–H groups in total. The van der Waals surface area contributed by atoms with E-state index in [1.54, 1.807) is 44.9 Å². The maximum atomic E-state index is 2.72. The van der Waals surface area contributed by atoms with Crippen molar-refractivity contribution in [3.05, 3.63) is 0 Å². The first kappa shape index (κ1) is 19.3. The van der Waals surface area contributed by atoms with E-state index in [9.17, 15) is 0 Å². The molecule has 11 atom stereocenters. The second kappa shape index (κ2) is 7.88. The van der Waals surface area contributed by atoms with Gasteiger partial charge in [0.05, 0.1) is 0 Å². The zero-order chi connectivity index (χ0) is 18.5. The van der Waals surface area contributed by atoms with Gasteiger partial charge in [0.2, 0.25) is 0 Å². The molecule has 0 spiro atoms. The molecule has 0 aromatic carbocycles. The van der Waals surface area contributed by atoms with Gasteiger partial charge in [-0.15, -0.1) is 0 Å². The predicted molar refractivity (Wildman–Crippen MR) is 119 cm³/mol. The second-order valence-corrected chi connectivity index (χ2v) is 12.7. The van der Waals surface area contributed by atoms with Crippen LogP contribution in [0.3, 0.4) is 0 Å². The third-order valence-corrected chi connectivity index (χ3v) is 11.6. The summed E-state index contributed by atoms with van der Waals surface area (Å²) in [7, 11) is 0. The summed E-state index contributed by atoms with van der Waals surface area (Å²) in [5, 5.41) is 1.07. The molecule has 0 radical (unpaired) electrons. The predicted octanol–water partition coefficient (Wildman–Crippen LogP) is 7.67. The minimum atomic E-state index is 1.03. The lowest BCUT2D eigenvalue weighted by molar-refractivity contribution is 0.0598. The number of thioether (sulfide) groups is 1. The summed E-state index contributed by atoms with van der Waals surface area (Å²) in [6, 6.07) is 0. The first-order valence-corrected chi connectivity index (χ1v) is 13.9. The molecule has 0 amide bonds. The SMILES string of the molecule is CCCCC(CC)C1CC1C1CCC2CCC3CC3CSC3CC3C2C1C. The van der Waals surface area contributed by atoms with Crippen LogP contribution in [0.4, 0.5) is 0 Å². The number of hydrogen-bond donors (Lipinski definition) is 0. The summed E-state index contributed by atoms with van der Waals surface area (Å²) in [6.07, 6.45) is 17.0. The van der Waals surface area contributed by atoms with Gasteiger partial charge in [0.15, 0.2) is 0 Å². The highest BCUT2D eigenvalue weighted by atomic mass is 32.2. The zero-order valence-electron chi connectivity index (χ0n) is 18.2. The van der Waals surface area contributed by atoms with E-state index in [0.29, 0.717) is 0 Å². The van der Waals surface area contributed by atoms with Crippen molar-refractivity contribution < 1.29 is 0 Å². The number of hydrogen-bond acceptors (Lipinski definition) is 1. The Labute approximate surface area is 173 Å². The summed E-state index contributed by atoms with van der Waals surface area (Å²) in [6.45, 7) is 7.55. The quantitative estimate of drug-likeness (QED) is 0.450. The number of rotatable bonds is 6. The first-order chi connectivity index (χ1) is 13.2. The van der Waals surface area contributed by atoms with Crippen LogP contribution in [0, 0.1) is 59.2 Å². The maximum Gasteiger partial charge on any atom is 0.00818 e. The fourth-order valence-corrected chi connectivity index (χ4v) is 9.73. The Morgan fingerprint density at radius 1 is 0.852 bits per heavy atom. The lowest BCUT2D eigenvalue weighted by Crippen LogP contribution is -2.36. The van der Waals surface area contributed by atoms with E-state index < -0.39 is 0 Å². The summed E-state index contributed by atoms with van der Waals surface area (Å²) in [5.74, 6) is 12.5. The van der Waals surface area contributed by atoms with E-state index in [2.05, 4.69) is 32.5 Å².